The summed E-state index contributed by atoms with van der Waals surface area (Å²) in [4.78, 5) is 42.1. The number of hydrogen-bond donors (Lipinski definition) is 1. The Morgan fingerprint density at radius 3 is 2.52 bits per heavy atom. The van der Waals surface area contributed by atoms with Crippen molar-refractivity contribution in [1.82, 2.24) is 9.55 Å². The highest BCUT2D eigenvalue weighted by molar-refractivity contribution is 7.99. The molecule has 0 saturated heterocycles. The second kappa shape index (κ2) is 11.5. The Kier molecular flexibility index (Phi) is 8.45. The standard InChI is InChI=1S/C23H25N3O6S/c1-30-12-4-11-26-21(28)18-10-5-15(22(29)32-3)13-19(18)25-23(26)33-14-20(27)24-16-6-8-17(31-2)9-7-16/h5-10,13H,4,11-12,14H2,1-3H3,(H,24,27). The molecule has 0 bridgehead atoms. The molecule has 0 fully saturated rings. The first-order valence-corrected chi connectivity index (χ1v) is 11.1. The van der Waals surface area contributed by atoms with E-state index in [4.69, 9.17) is 14.2 Å². The first-order chi connectivity index (χ1) is 16.0. The average Bonchev–Trinajstić information content (AvgIpc) is 2.84. The number of carbonyl (C=O) groups is 2. The SMILES string of the molecule is COCCCn1c(SCC(=O)Nc2ccc(OC)cc2)nc2cc(C(=O)OC)ccc2c1=O. The van der Waals surface area contributed by atoms with E-state index in [1.54, 1.807) is 44.6 Å². The summed E-state index contributed by atoms with van der Waals surface area (Å²) in [6, 6.07) is 11.6. The molecule has 0 aliphatic rings. The molecule has 0 spiro atoms. The third kappa shape index (κ3) is 6.11. The maximum atomic E-state index is 13.1. The van der Waals surface area contributed by atoms with Crippen LogP contribution >= 0.6 is 11.8 Å². The molecular formula is C23H25N3O6S. The van der Waals surface area contributed by atoms with Gasteiger partial charge >= 0.3 is 5.97 Å². The Hall–Kier alpha value is -3.37. The number of aromatic nitrogens is 2. The van der Waals surface area contributed by atoms with Gasteiger partial charge < -0.3 is 19.5 Å². The van der Waals surface area contributed by atoms with Crippen molar-refractivity contribution in [3.8, 4) is 5.75 Å². The molecular weight excluding hydrogens is 446 g/mol. The number of amides is 1. The number of nitrogens with zero attached hydrogens (tertiary/aromatic N) is 2. The number of fused-ring (bicyclic) bond motifs is 1. The van der Waals surface area contributed by atoms with E-state index < -0.39 is 5.97 Å². The van der Waals surface area contributed by atoms with Gasteiger partial charge in [-0.3, -0.25) is 14.2 Å². The smallest absolute Gasteiger partial charge is 0.337 e. The van der Waals surface area contributed by atoms with Gasteiger partial charge in [0.1, 0.15) is 5.75 Å². The molecule has 3 aromatic rings. The zero-order chi connectivity index (χ0) is 23.8. The number of carbonyl (C=O) groups excluding carboxylic acids is 2. The quantitative estimate of drug-likeness (QED) is 0.208. The van der Waals surface area contributed by atoms with Crippen LogP contribution in [0.25, 0.3) is 10.9 Å². The molecule has 174 valence electrons. The van der Waals surface area contributed by atoms with Crippen LogP contribution in [0.3, 0.4) is 0 Å². The first kappa shape index (κ1) is 24.3. The molecule has 0 atom stereocenters. The van der Waals surface area contributed by atoms with Gasteiger partial charge in [-0.05, 0) is 48.9 Å². The lowest BCUT2D eigenvalue weighted by Gasteiger charge is -2.13. The summed E-state index contributed by atoms with van der Waals surface area (Å²) < 4.78 is 16.5. The Morgan fingerprint density at radius 2 is 1.85 bits per heavy atom. The fourth-order valence-corrected chi connectivity index (χ4v) is 3.95. The highest BCUT2D eigenvalue weighted by Gasteiger charge is 2.15. The number of ether oxygens (including phenoxy) is 3. The van der Waals surface area contributed by atoms with Crippen molar-refractivity contribution < 1.29 is 23.8 Å². The third-order valence-electron chi connectivity index (χ3n) is 4.78. The van der Waals surface area contributed by atoms with Crippen LogP contribution in [0, 0.1) is 0 Å². The lowest BCUT2D eigenvalue weighted by molar-refractivity contribution is -0.113. The van der Waals surface area contributed by atoms with Crippen LogP contribution in [0.5, 0.6) is 5.75 Å². The van der Waals surface area contributed by atoms with Crippen LogP contribution in [-0.4, -0.2) is 55.1 Å². The van der Waals surface area contributed by atoms with E-state index in [2.05, 4.69) is 10.3 Å². The average molecular weight is 472 g/mol. The number of esters is 1. The topological polar surface area (TPSA) is 109 Å². The summed E-state index contributed by atoms with van der Waals surface area (Å²) >= 11 is 1.15. The molecule has 10 heteroatoms. The van der Waals surface area contributed by atoms with E-state index >= 15 is 0 Å². The van der Waals surface area contributed by atoms with Crippen molar-refractivity contribution in [1.29, 1.82) is 0 Å². The van der Waals surface area contributed by atoms with E-state index in [1.807, 2.05) is 0 Å². The van der Waals surface area contributed by atoms with Crippen LogP contribution in [0.15, 0.2) is 52.4 Å². The molecule has 3 rings (SSSR count). The van der Waals surface area contributed by atoms with Gasteiger partial charge in [0.15, 0.2) is 5.16 Å². The van der Waals surface area contributed by atoms with Gasteiger partial charge in [0.2, 0.25) is 5.91 Å². The fourth-order valence-electron chi connectivity index (χ4n) is 3.12. The second-order valence-corrected chi connectivity index (χ2v) is 7.93. The lowest BCUT2D eigenvalue weighted by Crippen LogP contribution is -2.25. The van der Waals surface area contributed by atoms with E-state index in [-0.39, 0.29) is 17.2 Å². The van der Waals surface area contributed by atoms with Crippen LogP contribution in [0.4, 0.5) is 5.69 Å². The zero-order valence-corrected chi connectivity index (χ0v) is 19.4. The first-order valence-electron chi connectivity index (χ1n) is 10.2. The van der Waals surface area contributed by atoms with Crippen molar-refractivity contribution in [2.24, 2.45) is 0 Å². The summed E-state index contributed by atoms with van der Waals surface area (Å²) in [5.41, 5.74) is 1.05. The van der Waals surface area contributed by atoms with Gasteiger partial charge in [-0.1, -0.05) is 11.8 Å². The molecule has 0 aliphatic heterocycles. The van der Waals surface area contributed by atoms with Crippen molar-refractivity contribution in [2.75, 3.05) is 39.0 Å². The minimum Gasteiger partial charge on any atom is -0.497 e. The Bertz CT molecular complexity index is 1190. The van der Waals surface area contributed by atoms with E-state index in [1.165, 1.54) is 23.8 Å². The highest BCUT2D eigenvalue weighted by atomic mass is 32.2. The maximum Gasteiger partial charge on any atom is 0.337 e. The highest BCUT2D eigenvalue weighted by Crippen LogP contribution is 2.21. The van der Waals surface area contributed by atoms with Crippen molar-refractivity contribution in [3.63, 3.8) is 0 Å². The van der Waals surface area contributed by atoms with Crippen LogP contribution in [0.1, 0.15) is 16.8 Å². The number of nitrogens with one attached hydrogen (secondary N) is 1. The van der Waals surface area contributed by atoms with Gasteiger partial charge in [0.05, 0.1) is 36.4 Å². The Morgan fingerprint density at radius 1 is 1.09 bits per heavy atom. The molecule has 0 aliphatic carbocycles. The Labute approximate surface area is 195 Å². The van der Waals surface area contributed by atoms with Crippen LogP contribution in [0.2, 0.25) is 0 Å². The zero-order valence-electron chi connectivity index (χ0n) is 18.6. The van der Waals surface area contributed by atoms with Crippen LogP contribution < -0.4 is 15.6 Å². The number of hydrogen-bond acceptors (Lipinski definition) is 8. The summed E-state index contributed by atoms with van der Waals surface area (Å²) in [5.74, 6) is -0.0262. The van der Waals surface area contributed by atoms with Crippen molar-refractivity contribution >= 4 is 40.2 Å². The van der Waals surface area contributed by atoms with E-state index in [9.17, 15) is 14.4 Å². The van der Waals surface area contributed by atoms with Crippen molar-refractivity contribution in [3.05, 3.63) is 58.4 Å². The fraction of sp³-hybridized carbons (Fsp3) is 0.304. The molecule has 0 radical (unpaired) electrons. The molecule has 0 saturated carbocycles. The van der Waals surface area contributed by atoms with Gasteiger partial charge in [0, 0.05) is 25.9 Å². The van der Waals surface area contributed by atoms with Gasteiger partial charge in [0.25, 0.3) is 5.56 Å². The van der Waals surface area contributed by atoms with Gasteiger partial charge in [-0.25, -0.2) is 9.78 Å². The number of rotatable bonds is 10. The minimum absolute atomic E-state index is 0.0466. The third-order valence-corrected chi connectivity index (χ3v) is 5.75. The molecule has 2 aromatic carbocycles. The molecule has 33 heavy (non-hydrogen) atoms. The number of anilines is 1. The summed E-state index contributed by atoms with van der Waals surface area (Å²) in [6.45, 7) is 0.866. The summed E-state index contributed by atoms with van der Waals surface area (Å²) in [7, 11) is 4.45. The molecule has 9 nitrogen and oxygen atoms in total. The number of methoxy groups -OCH3 is 3. The maximum absolute atomic E-state index is 13.1. The van der Waals surface area contributed by atoms with Gasteiger partial charge in [-0.15, -0.1) is 0 Å². The van der Waals surface area contributed by atoms with Gasteiger partial charge in [-0.2, -0.15) is 0 Å². The largest absolute Gasteiger partial charge is 0.497 e. The summed E-state index contributed by atoms with van der Waals surface area (Å²) in [5, 5.41) is 3.57. The minimum atomic E-state index is -0.518. The van der Waals surface area contributed by atoms with Crippen molar-refractivity contribution in [2.45, 2.75) is 18.1 Å². The molecule has 1 aromatic heterocycles. The molecule has 1 N–H and O–H groups in total. The predicted octanol–water partition coefficient (Wildman–Crippen LogP) is 2.96. The Balaban J connectivity index is 1.85. The van der Waals surface area contributed by atoms with Crippen LogP contribution in [-0.2, 0) is 20.8 Å². The molecule has 1 heterocycles. The monoisotopic (exact) mass is 471 g/mol. The second-order valence-electron chi connectivity index (χ2n) is 6.99. The molecule has 0 unspecified atom stereocenters. The number of benzene rings is 2. The predicted molar refractivity (Wildman–Crippen MR) is 126 cm³/mol. The van der Waals surface area contributed by atoms with E-state index in [0.717, 1.165) is 11.8 Å². The lowest BCUT2D eigenvalue weighted by atomic mass is 10.1. The molecule has 1 amide bonds. The normalized spacial score (nSPS) is 10.8. The number of thioether (sulfide) groups is 1. The van der Waals surface area contributed by atoms with E-state index in [0.29, 0.717) is 52.6 Å². The summed E-state index contributed by atoms with van der Waals surface area (Å²) in [6.07, 6.45) is 0.607.